The Labute approximate surface area is 54.5 Å². The molecule has 5 heteroatoms. The Bertz CT molecular complexity index is 49.0. The molecule has 0 heterocycles. The summed E-state index contributed by atoms with van der Waals surface area (Å²) < 4.78 is 0. The van der Waals surface area contributed by atoms with E-state index in [0.29, 0.717) is 0 Å². The number of rotatable bonds is 1. The average Bonchev–Trinajstić information content (AvgIpc) is 1.38. The molecule has 0 saturated carbocycles. The SMILES string of the molecule is N.O=C(O)CS.S. The highest BCUT2D eigenvalue weighted by atomic mass is 32.1. The van der Waals surface area contributed by atoms with Crippen LogP contribution in [0.5, 0.6) is 0 Å². The molecule has 46 valence electrons. The van der Waals surface area contributed by atoms with Crippen LogP contribution in [0.15, 0.2) is 0 Å². The van der Waals surface area contributed by atoms with Gasteiger partial charge < -0.3 is 11.3 Å². The van der Waals surface area contributed by atoms with Crippen molar-refractivity contribution in [1.82, 2.24) is 6.15 Å². The molecule has 0 amide bonds. The Hall–Kier alpha value is 0.130. The van der Waals surface area contributed by atoms with Gasteiger partial charge in [-0.1, -0.05) is 0 Å². The van der Waals surface area contributed by atoms with Crippen LogP contribution in [0.25, 0.3) is 0 Å². The number of hydrogen-bond donors (Lipinski definition) is 3. The number of aliphatic carboxylic acids is 1. The lowest BCUT2D eigenvalue weighted by atomic mass is 10.8. The van der Waals surface area contributed by atoms with Gasteiger partial charge in [-0.2, -0.15) is 26.1 Å². The van der Waals surface area contributed by atoms with Gasteiger partial charge in [0.1, 0.15) is 0 Å². The third-order valence-electron chi connectivity index (χ3n) is 0.135. The molecular weight excluding hydrogens is 134 g/mol. The van der Waals surface area contributed by atoms with E-state index >= 15 is 0 Å². The second-order valence-corrected chi connectivity index (χ2v) is 0.868. The summed E-state index contributed by atoms with van der Waals surface area (Å²) >= 11 is 3.42. The van der Waals surface area contributed by atoms with E-state index in [4.69, 9.17) is 5.11 Å². The van der Waals surface area contributed by atoms with Gasteiger partial charge in [-0.15, -0.1) is 0 Å². The number of carbonyl (C=O) groups is 1. The van der Waals surface area contributed by atoms with Crippen LogP contribution in [0.3, 0.4) is 0 Å². The molecule has 0 rings (SSSR count). The summed E-state index contributed by atoms with van der Waals surface area (Å²) in [7, 11) is 0. The zero-order valence-electron chi connectivity index (χ0n) is 3.72. The van der Waals surface area contributed by atoms with Gasteiger partial charge >= 0.3 is 5.97 Å². The Balaban J connectivity index is -0.0000000800. The van der Waals surface area contributed by atoms with Gasteiger partial charge in [0.15, 0.2) is 0 Å². The maximum absolute atomic E-state index is 9.29. The summed E-state index contributed by atoms with van der Waals surface area (Å²) in [5.74, 6) is -0.965. The molecule has 0 aliphatic carbocycles. The van der Waals surface area contributed by atoms with Crippen molar-refractivity contribution in [2.75, 3.05) is 5.75 Å². The van der Waals surface area contributed by atoms with Crippen LogP contribution < -0.4 is 6.15 Å². The van der Waals surface area contributed by atoms with Gasteiger partial charge in [0.05, 0.1) is 5.75 Å². The fraction of sp³-hybridized carbons (Fsp3) is 0.500. The fourth-order valence-electron chi connectivity index (χ4n) is 0. The lowest BCUT2D eigenvalue weighted by Gasteiger charge is -1.71. The van der Waals surface area contributed by atoms with Gasteiger partial charge in [-0.25, -0.2) is 0 Å². The van der Waals surface area contributed by atoms with Gasteiger partial charge in [-0.3, -0.25) is 4.79 Å². The standard InChI is InChI=1S/C2H4O2S.H3N.H2S/c3-2(4)1-5;;/h5H,1H2,(H,3,4);1H3;1H2. The van der Waals surface area contributed by atoms with Crippen molar-refractivity contribution >= 4 is 32.1 Å². The minimum Gasteiger partial charge on any atom is -0.481 e. The lowest BCUT2D eigenvalue weighted by molar-refractivity contribution is -0.133. The molecule has 0 bridgehead atoms. The minimum absolute atomic E-state index is 0. The summed E-state index contributed by atoms with van der Waals surface area (Å²) in [6.45, 7) is 0. The molecule has 7 heavy (non-hydrogen) atoms. The number of carboxylic acid groups (broad SMARTS) is 1. The van der Waals surface area contributed by atoms with E-state index in [1.165, 1.54) is 0 Å². The normalized spacial score (nSPS) is 5.29. The van der Waals surface area contributed by atoms with E-state index in [-0.39, 0.29) is 25.4 Å². The third-order valence-corrected chi connectivity index (χ3v) is 0.406. The molecule has 0 aromatic heterocycles. The summed E-state index contributed by atoms with van der Waals surface area (Å²) in [5.41, 5.74) is 0. The molecular formula is C2H9NO2S2. The van der Waals surface area contributed by atoms with Crippen LogP contribution in [0, 0.1) is 0 Å². The summed E-state index contributed by atoms with van der Waals surface area (Å²) in [4.78, 5) is 9.29. The molecule has 0 atom stereocenters. The fourth-order valence-corrected chi connectivity index (χ4v) is 0. The highest BCUT2D eigenvalue weighted by molar-refractivity contribution is 7.81. The first-order valence-corrected chi connectivity index (χ1v) is 1.73. The van der Waals surface area contributed by atoms with Crippen molar-refractivity contribution in [2.24, 2.45) is 0 Å². The zero-order chi connectivity index (χ0) is 4.28. The zero-order valence-corrected chi connectivity index (χ0v) is 5.61. The van der Waals surface area contributed by atoms with E-state index in [1.54, 1.807) is 0 Å². The van der Waals surface area contributed by atoms with Crippen molar-refractivity contribution in [3.05, 3.63) is 0 Å². The van der Waals surface area contributed by atoms with E-state index in [9.17, 15) is 4.79 Å². The summed E-state index contributed by atoms with van der Waals surface area (Å²) in [6, 6.07) is 0. The molecule has 0 radical (unpaired) electrons. The molecule has 3 nitrogen and oxygen atoms in total. The van der Waals surface area contributed by atoms with E-state index < -0.39 is 5.97 Å². The molecule has 0 fully saturated rings. The molecule has 4 N–H and O–H groups in total. The van der Waals surface area contributed by atoms with Crippen LogP contribution in [-0.4, -0.2) is 16.8 Å². The van der Waals surface area contributed by atoms with Crippen molar-refractivity contribution in [3.63, 3.8) is 0 Å². The van der Waals surface area contributed by atoms with Crippen LogP contribution >= 0.6 is 26.1 Å². The van der Waals surface area contributed by atoms with Crippen molar-refractivity contribution in [1.29, 1.82) is 0 Å². The highest BCUT2D eigenvalue weighted by Gasteiger charge is 1.81. The second kappa shape index (κ2) is 9.46. The Morgan fingerprint density at radius 3 is 1.86 bits per heavy atom. The van der Waals surface area contributed by atoms with Crippen LogP contribution in [0.4, 0.5) is 0 Å². The van der Waals surface area contributed by atoms with Crippen LogP contribution in [0.1, 0.15) is 0 Å². The number of hydrogen-bond acceptors (Lipinski definition) is 3. The maximum Gasteiger partial charge on any atom is 0.313 e. The molecule has 0 spiro atoms. The first-order chi connectivity index (χ1) is 2.27. The smallest absolute Gasteiger partial charge is 0.313 e. The first kappa shape index (κ1) is 15.7. The van der Waals surface area contributed by atoms with Gasteiger partial charge in [0.25, 0.3) is 0 Å². The number of carboxylic acids is 1. The van der Waals surface area contributed by atoms with E-state index in [1.807, 2.05) is 0 Å². The molecule has 0 aliphatic rings. The number of thiol groups is 1. The van der Waals surface area contributed by atoms with Crippen LogP contribution in [-0.2, 0) is 4.79 Å². The summed E-state index contributed by atoms with van der Waals surface area (Å²) in [5, 5.41) is 7.65. The molecule has 0 aliphatic heterocycles. The molecule has 0 saturated heterocycles. The predicted molar refractivity (Wildman–Crippen MR) is 36.9 cm³/mol. The largest absolute Gasteiger partial charge is 0.481 e. The van der Waals surface area contributed by atoms with Gasteiger partial charge in [-0.05, 0) is 0 Å². The Morgan fingerprint density at radius 1 is 1.71 bits per heavy atom. The third kappa shape index (κ3) is 23.0. The predicted octanol–water partition coefficient (Wildman–Crippen LogP) is 0.276. The van der Waals surface area contributed by atoms with Crippen LogP contribution in [0.2, 0.25) is 0 Å². The minimum atomic E-state index is -0.881. The highest BCUT2D eigenvalue weighted by Crippen LogP contribution is 1.66. The summed E-state index contributed by atoms with van der Waals surface area (Å²) in [6.07, 6.45) is 0. The molecule has 0 aromatic rings. The van der Waals surface area contributed by atoms with Gasteiger partial charge in [0, 0.05) is 0 Å². The van der Waals surface area contributed by atoms with Gasteiger partial charge in [0.2, 0.25) is 0 Å². The molecule has 0 unspecified atom stereocenters. The maximum atomic E-state index is 9.29. The average molecular weight is 143 g/mol. The molecule has 0 aromatic carbocycles. The van der Waals surface area contributed by atoms with E-state index in [2.05, 4.69) is 12.6 Å². The topological polar surface area (TPSA) is 72.3 Å². The Morgan fingerprint density at radius 2 is 1.86 bits per heavy atom. The quantitative estimate of drug-likeness (QED) is 0.461. The van der Waals surface area contributed by atoms with Crippen molar-refractivity contribution in [2.45, 2.75) is 0 Å². The first-order valence-electron chi connectivity index (χ1n) is 1.10. The lowest BCUT2D eigenvalue weighted by Crippen LogP contribution is -1.92. The Kier molecular flexibility index (Phi) is 21.2. The van der Waals surface area contributed by atoms with E-state index in [0.717, 1.165) is 0 Å². The van der Waals surface area contributed by atoms with Crippen molar-refractivity contribution in [3.8, 4) is 0 Å². The monoisotopic (exact) mass is 143 g/mol. The second-order valence-electron chi connectivity index (χ2n) is 0.552. The van der Waals surface area contributed by atoms with Crippen molar-refractivity contribution < 1.29 is 9.90 Å².